The van der Waals surface area contributed by atoms with E-state index in [1.807, 2.05) is 22.9 Å². The van der Waals surface area contributed by atoms with Gasteiger partial charge in [-0.05, 0) is 58.0 Å². The summed E-state index contributed by atoms with van der Waals surface area (Å²) in [7, 11) is 1.67. The number of piperazine rings is 1. The fourth-order valence-corrected chi connectivity index (χ4v) is 4.47. The first kappa shape index (κ1) is 22.0. The molecule has 3 aromatic carbocycles. The van der Waals surface area contributed by atoms with Gasteiger partial charge in [-0.3, -0.25) is 4.90 Å². The van der Waals surface area contributed by atoms with Crippen LogP contribution in [0.2, 0.25) is 0 Å². The van der Waals surface area contributed by atoms with Crippen molar-refractivity contribution < 1.29 is 9.13 Å². The van der Waals surface area contributed by atoms with E-state index in [0.717, 1.165) is 48.9 Å². The first-order chi connectivity index (χ1) is 16.7. The Morgan fingerprint density at radius 1 is 0.882 bits per heavy atom. The lowest BCUT2D eigenvalue weighted by atomic mass is 10.0. The predicted molar refractivity (Wildman–Crippen MR) is 128 cm³/mol. The monoisotopic (exact) mass is 458 g/mol. The Labute approximate surface area is 198 Å². The van der Waals surface area contributed by atoms with Crippen molar-refractivity contribution in [3.8, 4) is 5.75 Å². The molecule has 174 valence electrons. The highest BCUT2D eigenvalue weighted by atomic mass is 19.1. The number of ether oxygens (including phenoxy) is 1. The summed E-state index contributed by atoms with van der Waals surface area (Å²) >= 11 is 0. The summed E-state index contributed by atoms with van der Waals surface area (Å²) in [5.74, 6) is 1.32. The van der Waals surface area contributed by atoms with Crippen LogP contribution in [0, 0.1) is 5.82 Å². The van der Waals surface area contributed by atoms with E-state index < -0.39 is 0 Å². The van der Waals surface area contributed by atoms with Crippen molar-refractivity contribution in [1.82, 2.24) is 25.1 Å². The van der Waals surface area contributed by atoms with E-state index >= 15 is 0 Å². The molecule has 1 aromatic heterocycles. The minimum absolute atomic E-state index is 0.112. The molecule has 0 unspecified atom stereocenters. The van der Waals surface area contributed by atoms with Crippen LogP contribution in [0.3, 0.4) is 0 Å². The Morgan fingerprint density at radius 3 is 2.26 bits per heavy atom. The standard InChI is InChI=1S/C26H27FN6O/c1-34-24-13-9-21(10-14-24)25(32-17-15-31(16-18-32)23-5-3-2-4-6-23)26-28-29-30-33(26)19-20-7-11-22(27)12-8-20/h2-14,25H,15-19H2,1H3/t25-/m0/s1. The second-order valence-corrected chi connectivity index (χ2v) is 8.36. The summed E-state index contributed by atoms with van der Waals surface area (Å²) in [5.41, 5.74) is 3.28. The SMILES string of the molecule is COc1ccc([C@@H](c2nnnn2Cc2ccc(F)cc2)N2CCN(c3ccccc3)CC2)cc1. The molecule has 7 nitrogen and oxygen atoms in total. The summed E-state index contributed by atoms with van der Waals surface area (Å²) in [6.07, 6.45) is 0. The molecule has 0 bridgehead atoms. The molecule has 34 heavy (non-hydrogen) atoms. The molecule has 0 N–H and O–H groups in total. The molecule has 0 saturated carbocycles. The topological polar surface area (TPSA) is 59.3 Å². The lowest BCUT2D eigenvalue weighted by Crippen LogP contribution is -2.48. The van der Waals surface area contributed by atoms with Gasteiger partial charge in [-0.15, -0.1) is 5.10 Å². The maximum absolute atomic E-state index is 13.4. The number of hydrogen-bond acceptors (Lipinski definition) is 6. The Morgan fingerprint density at radius 2 is 1.59 bits per heavy atom. The van der Waals surface area contributed by atoms with Crippen LogP contribution in [-0.4, -0.2) is 58.4 Å². The molecule has 0 spiro atoms. The number of nitrogens with zero attached hydrogens (tertiary/aromatic N) is 6. The molecule has 0 radical (unpaired) electrons. The second kappa shape index (κ2) is 10.0. The summed E-state index contributed by atoms with van der Waals surface area (Å²) < 4.78 is 20.6. The summed E-state index contributed by atoms with van der Waals surface area (Å²) in [6.45, 7) is 4.04. The average Bonchev–Trinajstić information content (AvgIpc) is 3.34. The van der Waals surface area contributed by atoms with Crippen LogP contribution in [0.4, 0.5) is 10.1 Å². The van der Waals surface area contributed by atoms with Gasteiger partial charge < -0.3 is 9.64 Å². The van der Waals surface area contributed by atoms with E-state index in [4.69, 9.17) is 4.74 Å². The van der Waals surface area contributed by atoms with Gasteiger partial charge in [0.15, 0.2) is 5.82 Å². The number of anilines is 1. The fraction of sp³-hybridized carbons (Fsp3) is 0.269. The molecule has 4 aromatic rings. The van der Waals surface area contributed by atoms with Crippen LogP contribution in [0.5, 0.6) is 5.75 Å². The van der Waals surface area contributed by atoms with Crippen molar-refractivity contribution in [2.24, 2.45) is 0 Å². The van der Waals surface area contributed by atoms with Gasteiger partial charge in [0.2, 0.25) is 0 Å². The van der Waals surface area contributed by atoms with Crippen LogP contribution < -0.4 is 9.64 Å². The molecule has 1 fully saturated rings. The first-order valence-electron chi connectivity index (χ1n) is 11.4. The molecule has 0 aliphatic carbocycles. The minimum Gasteiger partial charge on any atom is -0.497 e. The Hall–Kier alpha value is -3.78. The number of hydrogen-bond donors (Lipinski definition) is 0. The minimum atomic E-state index is -0.256. The molecule has 8 heteroatoms. The quantitative estimate of drug-likeness (QED) is 0.420. The maximum Gasteiger partial charge on any atom is 0.173 e. The third kappa shape index (κ3) is 4.77. The van der Waals surface area contributed by atoms with E-state index in [9.17, 15) is 4.39 Å². The highest BCUT2D eigenvalue weighted by molar-refractivity contribution is 5.46. The van der Waals surface area contributed by atoms with Gasteiger partial charge in [0.1, 0.15) is 11.6 Å². The molecule has 0 amide bonds. The van der Waals surface area contributed by atoms with Crippen molar-refractivity contribution in [3.63, 3.8) is 0 Å². The highest BCUT2D eigenvalue weighted by Gasteiger charge is 2.30. The van der Waals surface area contributed by atoms with Crippen molar-refractivity contribution >= 4 is 5.69 Å². The lowest BCUT2D eigenvalue weighted by Gasteiger charge is -2.40. The molecule has 5 rings (SSSR count). The van der Waals surface area contributed by atoms with Crippen molar-refractivity contribution in [2.45, 2.75) is 12.6 Å². The Bertz CT molecular complexity index is 1190. The second-order valence-electron chi connectivity index (χ2n) is 8.36. The third-order valence-electron chi connectivity index (χ3n) is 6.28. The number of benzene rings is 3. The lowest BCUT2D eigenvalue weighted by molar-refractivity contribution is 0.201. The predicted octanol–water partition coefficient (Wildman–Crippen LogP) is 3.78. The highest BCUT2D eigenvalue weighted by Crippen LogP contribution is 2.30. The zero-order chi connectivity index (χ0) is 23.3. The maximum atomic E-state index is 13.4. The van der Waals surface area contributed by atoms with Crippen LogP contribution in [0.1, 0.15) is 23.0 Å². The number of rotatable bonds is 7. The molecule has 1 atom stereocenters. The zero-order valence-corrected chi connectivity index (χ0v) is 19.1. The number of tetrazole rings is 1. The van der Waals surface area contributed by atoms with Gasteiger partial charge in [0, 0.05) is 31.9 Å². The van der Waals surface area contributed by atoms with E-state index in [0.29, 0.717) is 6.54 Å². The normalized spacial score (nSPS) is 15.3. The molecular weight excluding hydrogens is 431 g/mol. The van der Waals surface area contributed by atoms with Crippen LogP contribution in [0.25, 0.3) is 0 Å². The van der Waals surface area contributed by atoms with Crippen LogP contribution in [-0.2, 0) is 6.54 Å². The van der Waals surface area contributed by atoms with E-state index in [2.05, 4.69) is 61.7 Å². The van der Waals surface area contributed by atoms with Crippen molar-refractivity contribution in [3.05, 3.63) is 102 Å². The average molecular weight is 459 g/mol. The van der Waals surface area contributed by atoms with Gasteiger partial charge in [0.25, 0.3) is 0 Å². The summed E-state index contributed by atoms with van der Waals surface area (Å²) in [6, 6.07) is 24.9. The van der Waals surface area contributed by atoms with Gasteiger partial charge in [-0.2, -0.15) is 0 Å². The smallest absolute Gasteiger partial charge is 0.173 e. The number of methoxy groups -OCH3 is 1. The summed E-state index contributed by atoms with van der Waals surface area (Å²) in [4.78, 5) is 4.83. The number of halogens is 1. The van der Waals surface area contributed by atoms with Gasteiger partial charge in [-0.25, -0.2) is 9.07 Å². The largest absolute Gasteiger partial charge is 0.497 e. The van der Waals surface area contributed by atoms with Crippen LogP contribution >= 0.6 is 0 Å². The zero-order valence-electron chi connectivity index (χ0n) is 19.1. The Balaban J connectivity index is 1.43. The number of para-hydroxylation sites is 1. The molecule has 2 heterocycles. The molecule has 1 aliphatic heterocycles. The van der Waals surface area contributed by atoms with E-state index in [1.54, 1.807) is 19.2 Å². The van der Waals surface area contributed by atoms with Gasteiger partial charge in [-0.1, -0.05) is 42.5 Å². The van der Waals surface area contributed by atoms with Gasteiger partial charge >= 0.3 is 0 Å². The van der Waals surface area contributed by atoms with E-state index in [1.165, 1.54) is 17.8 Å². The third-order valence-corrected chi connectivity index (χ3v) is 6.28. The molecular formula is C26H27FN6O. The Kier molecular flexibility index (Phi) is 6.49. The van der Waals surface area contributed by atoms with Gasteiger partial charge in [0.05, 0.1) is 19.7 Å². The first-order valence-corrected chi connectivity index (χ1v) is 11.4. The van der Waals surface area contributed by atoms with Crippen molar-refractivity contribution in [1.29, 1.82) is 0 Å². The summed E-state index contributed by atoms with van der Waals surface area (Å²) in [5, 5.41) is 12.7. The molecule has 1 saturated heterocycles. The fourth-order valence-electron chi connectivity index (χ4n) is 4.47. The van der Waals surface area contributed by atoms with Crippen LogP contribution in [0.15, 0.2) is 78.9 Å². The van der Waals surface area contributed by atoms with Crippen molar-refractivity contribution in [2.75, 3.05) is 38.2 Å². The van der Waals surface area contributed by atoms with E-state index in [-0.39, 0.29) is 11.9 Å². The number of aromatic nitrogens is 4. The molecule has 1 aliphatic rings.